The highest BCUT2D eigenvalue weighted by molar-refractivity contribution is 5.94. The van der Waals surface area contributed by atoms with Crippen molar-refractivity contribution < 1.29 is 27.9 Å². The van der Waals surface area contributed by atoms with E-state index < -0.39 is 12.1 Å². The Kier molecular flexibility index (Phi) is 7.89. The second-order valence-corrected chi connectivity index (χ2v) is 7.53. The Bertz CT molecular complexity index is 1100. The molecule has 2 heterocycles. The molecule has 0 radical (unpaired) electrons. The van der Waals surface area contributed by atoms with Gasteiger partial charge in [0.25, 0.3) is 5.91 Å². The number of fused-ring (bicyclic) bond motifs is 1. The summed E-state index contributed by atoms with van der Waals surface area (Å²) in [6, 6.07) is 18.5. The van der Waals surface area contributed by atoms with Gasteiger partial charge in [-0.3, -0.25) is 4.79 Å². The van der Waals surface area contributed by atoms with Crippen molar-refractivity contribution in [2.75, 3.05) is 6.54 Å². The zero-order chi connectivity index (χ0) is 23.8. The minimum Gasteiger partial charge on any atom is -0.475 e. The van der Waals surface area contributed by atoms with Gasteiger partial charge in [0, 0.05) is 32.0 Å². The first-order valence-electron chi connectivity index (χ1n) is 10.3. The highest BCUT2D eigenvalue weighted by atomic mass is 19.4. The molecule has 0 spiro atoms. The van der Waals surface area contributed by atoms with E-state index in [1.807, 2.05) is 41.2 Å². The monoisotopic (exact) mass is 459 g/mol. The summed E-state index contributed by atoms with van der Waals surface area (Å²) >= 11 is 0. The van der Waals surface area contributed by atoms with Gasteiger partial charge in [-0.1, -0.05) is 48.5 Å². The van der Waals surface area contributed by atoms with Crippen molar-refractivity contribution in [3.8, 4) is 0 Å². The van der Waals surface area contributed by atoms with Crippen LogP contribution in [0, 0.1) is 0 Å². The van der Waals surface area contributed by atoms with Crippen molar-refractivity contribution >= 4 is 11.9 Å². The van der Waals surface area contributed by atoms with Gasteiger partial charge in [0.05, 0.1) is 5.56 Å². The van der Waals surface area contributed by atoms with E-state index in [1.54, 1.807) is 0 Å². The fraction of sp³-hybridized carbons (Fsp3) is 0.250. The van der Waals surface area contributed by atoms with Gasteiger partial charge in [-0.05, 0) is 41.3 Å². The van der Waals surface area contributed by atoms with Crippen molar-refractivity contribution in [2.24, 2.45) is 0 Å². The van der Waals surface area contributed by atoms with Crippen LogP contribution in [0.15, 0.2) is 67.0 Å². The van der Waals surface area contributed by atoms with Gasteiger partial charge in [0.1, 0.15) is 0 Å². The van der Waals surface area contributed by atoms with Crippen LogP contribution in [0.25, 0.3) is 0 Å². The molecule has 1 aliphatic rings. The molecule has 0 saturated heterocycles. The first kappa shape index (κ1) is 24.1. The van der Waals surface area contributed by atoms with Gasteiger partial charge < -0.3 is 20.3 Å². The minimum atomic E-state index is -5.08. The zero-order valence-electron chi connectivity index (χ0n) is 17.7. The Morgan fingerprint density at radius 3 is 2.48 bits per heavy atom. The van der Waals surface area contributed by atoms with E-state index in [9.17, 15) is 18.0 Å². The van der Waals surface area contributed by atoms with E-state index in [4.69, 9.17) is 9.90 Å². The normalized spacial score (nSPS) is 12.8. The number of alkyl halides is 3. The first-order valence-corrected chi connectivity index (χ1v) is 10.3. The predicted octanol–water partition coefficient (Wildman–Crippen LogP) is 3.75. The molecule has 0 aliphatic carbocycles. The van der Waals surface area contributed by atoms with E-state index in [2.05, 4.69) is 41.0 Å². The number of nitrogens with one attached hydrogen (secondary N) is 2. The summed E-state index contributed by atoms with van der Waals surface area (Å²) in [4.78, 5) is 21.4. The summed E-state index contributed by atoms with van der Waals surface area (Å²) in [5.41, 5.74) is 5.87. The third-order valence-electron chi connectivity index (χ3n) is 5.14. The molecule has 6 nitrogen and oxygen atoms in total. The van der Waals surface area contributed by atoms with Crippen LogP contribution >= 0.6 is 0 Å². The molecule has 174 valence electrons. The molecule has 9 heteroatoms. The quantitative estimate of drug-likeness (QED) is 0.543. The standard InChI is InChI=1S/C22H23N3O.C2HF3O2/c26-22(20-10-12-25(16-20)15-17-5-2-1-3-6-17)24-14-19-8-4-7-18-13-23-11-9-21(18)19;3-2(4,5)1(6)7/h1-8,10,12,16,23H,9,11,13-15H2,(H,24,26);(H,6,7). The molecular formula is C24H24F3N3O3. The minimum absolute atomic E-state index is 0.0247. The maximum atomic E-state index is 12.5. The first-order chi connectivity index (χ1) is 15.7. The Hall–Kier alpha value is -3.59. The molecule has 4 rings (SSSR count). The summed E-state index contributed by atoms with van der Waals surface area (Å²) in [6.45, 7) is 3.26. The third-order valence-corrected chi connectivity index (χ3v) is 5.14. The Labute approximate surface area is 189 Å². The summed E-state index contributed by atoms with van der Waals surface area (Å²) in [6.07, 6.45) is -0.195. The van der Waals surface area contributed by atoms with Crippen molar-refractivity contribution in [3.05, 3.63) is 94.8 Å². The number of hydrogen-bond acceptors (Lipinski definition) is 3. The summed E-state index contributed by atoms with van der Waals surface area (Å²) in [5, 5.41) is 13.6. The smallest absolute Gasteiger partial charge is 0.475 e. The predicted molar refractivity (Wildman–Crippen MR) is 117 cm³/mol. The molecule has 0 atom stereocenters. The lowest BCUT2D eigenvalue weighted by Gasteiger charge is -2.20. The van der Waals surface area contributed by atoms with Gasteiger partial charge in [0.15, 0.2) is 0 Å². The Morgan fingerprint density at radius 1 is 1.06 bits per heavy atom. The maximum absolute atomic E-state index is 12.5. The fourth-order valence-corrected chi connectivity index (χ4v) is 3.52. The van der Waals surface area contributed by atoms with Gasteiger partial charge in [0.2, 0.25) is 0 Å². The lowest BCUT2D eigenvalue weighted by atomic mass is 9.95. The molecule has 1 amide bonds. The van der Waals surface area contributed by atoms with Crippen LogP contribution in [0.5, 0.6) is 0 Å². The van der Waals surface area contributed by atoms with E-state index in [1.165, 1.54) is 22.3 Å². The highest BCUT2D eigenvalue weighted by Crippen LogP contribution is 2.19. The van der Waals surface area contributed by atoms with Crippen LogP contribution in [0.4, 0.5) is 13.2 Å². The summed E-state index contributed by atoms with van der Waals surface area (Å²) < 4.78 is 33.8. The SMILES string of the molecule is O=C(NCc1cccc2c1CCNC2)c1ccn(Cc2ccccc2)c1.O=C(O)C(F)(F)F. The summed E-state index contributed by atoms with van der Waals surface area (Å²) in [7, 11) is 0. The van der Waals surface area contributed by atoms with Crippen molar-refractivity contribution in [1.82, 2.24) is 15.2 Å². The number of halogens is 3. The van der Waals surface area contributed by atoms with E-state index in [-0.39, 0.29) is 5.91 Å². The Morgan fingerprint density at radius 2 is 1.79 bits per heavy atom. The van der Waals surface area contributed by atoms with Gasteiger partial charge in [-0.25, -0.2) is 4.79 Å². The zero-order valence-corrected chi connectivity index (χ0v) is 17.7. The molecule has 0 bridgehead atoms. The largest absolute Gasteiger partial charge is 0.490 e. The van der Waals surface area contributed by atoms with Crippen LogP contribution in [0.1, 0.15) is 32.6 Å². The van der Waals surface area contributed by atoms with Crippen molar-refractivity contribution in [3.63, 3.8) is 0 Å². The van der Waals surface area contributed by atoms with Crippen molar-refractivity contribution in [1.29, 1.82) is 0 Å². The topological polar surface area (TPSA) is 83.4 Å². The van der Waals surface area contributed by atoms with Crippen LogP contribution < -0.4 is 10.6 Å². The number of carboxylic acid groups (broad SMARTS) is 1. The number of carbonyl (C=O) groups excluding carboxylic acids is 1. The van der Waals surface area contributed by atoms with Crippen LogP contribution in [-0.4, -0.2) is 34.3 Å². The number of aliphatic carboxylic acids is 1. The van der Waals surface area contributed by atoms with Gasteiger partial charge >= 0.3 is 12.1 Å². The molecule has 1 aromatic heterocycles. The molecule has 1 aliphatic heterocycles. The van der Waals surface area contributed by atoms with Crippen LogP contribution in [0.3, 0.4) is 0 Å². The average Bonchev–Trinajstić information content (AvgIpc) is 3.26. The van der Waals surface area contributed by atoms with E-state index >= 15 is 0 Å². The number of aromatic nitrogens is 1. The molecule has 3 N–H and O–H groups in total. The number of nitrogens with zero attached hydrogens (tertiary/aromatic N) is 1. The van der Waals surface area contributed by atoms with Crippen LogP contribution in [-0.2, 0) is 30.8 Å². The lowest BCUT2D eigenvalue weighted by Crippen LogP contribution is -2.27. The second kappa shape index (κ2) is 10.8. The number of benzene rings is 2. The number of carboxylic acids is 1. The van der Waals surface area contributed by atoms with Crippen LogP contribution in [0.2, 0.25) is 0 Å². The molecule has 0 unspecified atom stereocenters. The molecule has 2 aromatic carbocycles. The number of rotatable bonds is 5. The van der Waals surface area contributed by atoms with E-state index in [0.29, 0.717) is 12.1 Å². The van der Waals surface area contributed by atoms with E-state index in [0.717, 1.165) is 26.1 Å². The molecular weight excluding hydrogens is 435 g/mol. The molecule has 3 aromatic rings. The summed E-state index contributed by atoms with van der Waals surface area (Å²) in [5.74, 6) is -2.78. The maximum Gasteiger partial charge on any atom is 0.490 e. The average molecular weight is 459 g/mol. The number of carbonyl (C=O) groups is 2. The fourth-order valence-electron chi connectivity index (χ4n) is 3.52. The lowest BCUT2D eigenvalue weighted by molar-refractivity contribution is -0.192. The third kappa shape index (κ3) is 6.95. The van der Waals surface area contributed by atoms with Crippen molar-refractivity contribution in [2.45, 2.75) is 32.2 Å². The number of hydrogen-bond donors (Lipinski definition) is 3. The molecule has 0 saturated carbocycles. The molecule has 0 fully saturated rings. The Balaban J connectivity index is 0.000000383. The van der Waals surface area contributed by atoms with Gasteiger partial charge in [-0.15, -0.1) is 0 Å². The number of amides is 1. The second-order valence-electron chi connectivity index (χ2n) is 7.53. The molecule has 33 heavy (non-hydrogen) atoms. The van der Waals surface area contributed by atoms with Gasteiger partial charge in [-0.2, -0.15) is 13.2 Å². The highest BCUT2D eigenvalue weighted by Gasteiger charge is 2.38.